The Hall–Kier alpha value is -2.45. The predicted molar refractivity (Wildman–Crippen MR) is 97.4 cm³/mol. The van der Waals surface area contributed by atoms with Gasteiger partial charge in [0.25, 0.3) is 5.91 Å². The summed E-state index contributed by atoms with van der Waals surface area (Å²) in [4.78, 5) is 24.3. The summed E-state index contributed by atoms with van der Waals surface area (Å²) in [7, 11) is 2.08. The van der Waals surface area contributed by atoms with E-state index >= 15 is 0 Å². The molecule has 1 saturated heterocycles. The number of anilines is 1. The molecule has 1 atom stereocenters. The van der Waals surface area contributed by atoms with Crippen molar-refractivity contribution in [1.82, 2.24) is 20.2 Å². The number of thiophene rings is 1. The van der Waals surface area contributed by atoms with Gasteiger partial charge in [-0.2, -0.15) is 0 Å². The number of nitrogens with one attached hydrogen (secondary N) is 2. The Morgan fingerprint density at radius 3 is 3.08 bits per heavy atom. The number of aromatic hydroxyl groups is 1. The maximum absolute atomic E-state index is 12.9. The van der Waals surface area contributed by atoms with Gasteiger partial charge in [0.05, 0.1) is 28.5 Å². The van der Waals surface area contributed by atoms with Crippen molar-refractivity contribution in [3.05, 3.63) is 23.2 Å². The van der Waals surface area contributed by atoms with Crippen molar-refractivity contribution in [3.8, 4) is 5.88 Å². The fourth-order valence-corrected chi connectivity index (χ4v) is 4.99. The summed E-state index contributed by atoms with van der Waals surface area (Å²) in [6.45, 7) is 2.50. The summed E-state index contributed by atoms with van der Waals surface area (Å²) in [5.41, 5.74) is 1.92. The molecule has 1 amide bonds. The van der Waals surface area contributed by atoms with Crippen LogP contribution in [0.3, 0.4) is 0 Å². The SMILES string of the molecule is CN1CCC2(CNc3c(sc4ccc5nc(O)cnc5c34)C(=O)N2)C1. The molecule has 1 aromatic carbocycles. The Labute approximate surface area is 147 Å². The lowest BCUT2D eigenvalue weighted by Crippen LogP contribution is -2.53. The molecular formula is C17H17N5O2S. The summed E-state index contributed by atoms with van der Waals surface area (Å²) < 4.78 is 0.986. The van der Waals surface area contributed by atoms with Gasteiger partial charge in [0.2, 0.25) is 5.88 Å². The first-order valence-electron chi connectivity index (χ1n) is 8.21. The summed E-state index contributed by atoms with van der Waals surface area (Å²) in [5.74, 6) is -0.136. The van der Waals surface area contributed by atoms with E-state index in [9.17, 15) is 9.90 Å². The van der Waals surface area contributed by atoms with Gasteiger partial charge in [-0.25, -0.2) is 9.97 Å². The summed E-state index contributed by atoms with van der Waals surface area (Å²) >= 11 is 1.46. The summed E-state index contributed by atoms with van der Waals surface area (Å²) in [6, 6.07) is 3.75. The Kier molecular flexibility index (Phi) is 2.99. The van der Waals surface area contributed by atoms with Crippen molar-refractivity contribution in [3.63, 3.8) is 0 Å². The molecule has 3 N–H and O–H groups in total. The number of benzene rings is 1. The van der Waals surface area contributed by atoms with Crippen LogP contribution in [-0.2, 0) is 0 Å². The smallest absolute Gasteiger partial charge is 0.264 e. The van der Waals surface area contributed by atoms with E-state index in [0.29, 0.717) is 22.5 Å². The van der Waals surface area contributed by atoms with Gasteiger partial charge in [-0.1, -0.05) is 0 Å². The first-order valence-corrected chi connectivity index (χ1v) is 9.02. The number of likely N-dealkylation sites (tertiary alicyclic amines) is 1. The lowest BCUT2D eigenvalue weighted by Gasteiger charge is -2.28. The van der Waals surface area contributed by atoms with Crippen LogP contribution in [0.4, 0.5) is 5.69 Å². The van der Waals surface area contributed by atoms with Gasteiger partial charge in [-0.05, 0) is 25.6 Å². The van der Waals surface area contributed by atoms with Crippen LogP contribution in [0.15, 0.2) is 18.3 Å². The van der Waals surface area contributed by atoms with Crippen LogP contribution in [0.25, 0.3) is 21.1 Å². The molecule has 1 spiro atoms. The van der Waals surface area contributed by atoms with Gasteiger partial charge in [0.15, 0.2) is 0 Å². The largest absolute Gasteiger partial charge is 0.492 e. The molecular weight excluding hydrogens is 338 g/mol. The molecule has 8 heteroatoms. The van der Waals surface area contributed by atoms with Gasteiger partial charge in [-0.15, -0.1) is 11.3 Å². The monoisotopic (exact) mass is 355 g/mol. The van der Waals surface area contributed by atoms with Crippen molar-refractivity contribution in [2.24, 2.45) is 0 Å². The Bertz CT molecular complexity index is 1030. The van der Waals surface area contributed by atoms with Crippen LogP contribution in [-0.4, -0.2) is 58.1 Å². The van der Waals surface area contributed by atoms with Crippen LogP contribution >= 0.6 is 11.3 Å². The van der Waals surface area contributed by atoms with E-state index in [0.717, 1.165) is 35.3 Å². The zero-order chi connectivity index (χ0) is 17.2. The molecule has 0 bridgehead atoms. The number of likely N-dealkylation sites (N-methyl/N-ethyl adjacent to an activating group) is 1. The third-order valence-corrected chi connectivity index (χ3v) is 6.24. The number of amides is 1. The van der Waals surface area contributed by atoms with E-state index in [-0.39, 0.29) is 17.3 Å². The number of rotatable bonds is 0. The fraction of sp³-hybridized carbons (Fsp3) is 0.353. The van der Waals surface area contributed by atoms with Gasteiger partial charge in [0, 0.05) is 29.7 Å². The summed E-state index contributed by atoms with van der Waals surface area (Å²) in [5, 5.41) is 17.3. The highest BCUT2D eigenvalue weighted by molar-refractivity contribution is 7.21. The van der Waals surface area contributed by atoms with Crippen LogP contribution in [0.5, 0.6) is 5.88 Å². The van der Waals surface area contributed by atoms with E-state index in [1.54, 1.807) is 0 Å². The molecule has 2 aliphatic heterocycles. The fourth-order valence-electron chi connectivity index (χ4n) is 3.91. The van der Waals surface area contributed by atoms with E-state index in [2.05, 4.69) is 32.5 Å². The van der Waals surface area contributed by atoms with Crippen LogP contribution in [0.2, 0.25) is 0 Å². The van der Waals surface area contributed by atoms with Crippen molar-refractivity contribution >= 4 is 44.1 Å². The molecule has 128 valence electrons. The normalized spacial score (nSPS) is 23.6. The summed E-state index contributed by atoms with van der Waals surface area (Å²) in [6.07, 6.45) is 2.28. The van der Waals surface area contributed by atoms with E-state index in [1.807, 2.05) is 12.1 Å². The topological polar surface area (TPSA) is 90.4 Å². The molecule has 2 aromatic heterocycles. The van der Waals surface area contributed by atoms with Gasteiger partial charge < -0.3 is 20.6 Å². The van der Waals surface area contributed by atoms with Crippen molar-refractivity contribution in [1.29, 1.82) is 0 Å². The quantitative estimate of drug-likeness (QED) is 0.569. The lowest BCUT2D eigenvalue weighted by atomic mass is 9.99. The molecule has 3 aromatic rings. The molecule has 0 radical (unpaired) electrons. The lowest BCUT2D eigenvalue weighted by molar-refractivity contribution is 0.0916. The number of nitrogens with zero attached hydrogens (tertiary/aromatic N) is 3. The molecule has 5 rings (SSSR count). The molecule has 2 aliphatic rings. The van der Waals surface area contributed by atoms with E-state index in [4.69, 9.17) is 0 Å². The van der Waals surface area contributed by atoms with Crippen molar-refractivity contribution in [2.75, 3.05) is 32.0 Å². The number of hydrogen-bond acceptors (Lipinski definition) is 7. The van der Waals surface area contributed by atoms with Gasteiger partial charge in [-0.3, -0.25) is 4.79 Å². The Morgan fingerprint density at radius 2 is 2.28 bits per heavy atom. The number of carbonyl (C=O) groups excluding carboxylic acids is 1. The first-order chi connectivity index (χ1) is 12.0. The number of carbonyl (C=O) groups is 1. The molecule has 4 heterocycles. The van der Waals surface area contributed by atoms with Crippen molar-refractivity contribution in [2.45, 2.75) is 12.0 Å². The number of hydrogen-bond donors (Lipinski definition) is 3. The van der Waals surface area contributed by atoms with Gasteiger partial charge in [0.1, 0.15) is 4.88 Å². The number of fused-ring (bicyclic) bond motifs is 5. The third-order valence-electron chi connectivity index (χ3n) is 5.08. The highest BCUT2D eigenvalue weighted by Crippen LogP contribution is 2.41. The predicted octanol–water partition coefficient (Wildman–Crippen LogP) is 1.78. The Morgan fingerprint density at radius 1 is 1.40 bits per heavy atom. The minimum atomic E-state index is -0.231. The zero-order valence-corrected chi connectivity index (χ0v) is 14.5. The highest BCUT2D eigenvalue weighted by Gasteiger charge is 2.41. The molecule has 25 heavy (non-hydrogen) atoms. The Balaban J connectivity index is 1.69. The van der Waals surface area contributed by atoms with Crippen molar-refractivity contribution < 1.29 is 9.90 Å². The minimum absolute atomic E-state index is 0.0311. The molecule has 1 fully saturated rings. The van der Waals surface area contributed by atoms with Gasteiger partial charge >= 0.3 is 0 Å². The second-order valence-electron chi connectivity index (χ2n) is 6.92. The zero-order valence-electron chi connectivity index (χ0n) is 13.7. The molecule has 7 nitrogen and oxygen atoms in total. The third kappa shape index (κ3) is 2.17. The minimum Gasteiger partial charge on any atom is -0.492 e. The maximum atomic E-state index is 12.9. The average Bonchev–Trinajstić information content (AvgIpc) is 3.10. The average molecular weight is 355 g/mol. The molecule has 0 saturated carbocycles. The molecule has 1 unspecified atom stereocenters. The van der Waals surface area contributed by atoms with E-state index < -0.39 is 0 Å². The highest BCUT2D eigenvalue weighted by atomic mass is 32.1. The van der Waals surface area contributed by atoms with Crippen LogP contribution in [0, 0.1) is 0 Å². The van der Waals surface area contributed by atoms with E-state index in [1.165, 1.54) is 17.5 Å². The second-order valence-corrected chi connectivity index (χ2v) is 7.97. The number of aromatic nitrogens is 2. The molecule has 0 aliphatic carbocycles. The van der Waals surface area contributed by atoms with Crippen LogP contribution in [0.1, 0.15) is 16.1 Å². The maximum Gasteiger partial charge on any atom is 0.264 e. The van der Waals surface area contributed by atoms with Crippen LogP contribution < -0.4 is 10.6 Å². The standard InChI is InChI=1S/C17H17N5O2S/c1-22-5-4-17(8-22)7-19-14-12-10(25-15(14)16(24)21-17)3-2-9-13(12)18-6-11(23)20-9/h2-3,6,19H,4-5,7-8H2,1H3,(H,20,23)(H,21,24). The first kappa shape index (κ1) is 14.9. The second kappa shape index (κ2) is 5.03.